The third-order valence-corrected chi connectivity index (χ3v) is 2.21. The van der Waals surface area contributed by atoms with Crippen LogP contribution in [0.4, 0.5) is 0 Å². The molecule has 1 rings (SSSR count). The van der Waals surface area contributed by atoms with Gasteiger partial charge in [0.25, 0.3) is 0 Å². The number of furan rings is 1. The molecule has 0 bridgehead atoms. The van der Waals surface area contributed by atoms with E-state index in [4.69, 9.17) is 9.52 Å². The lowest BCUT2D eigenvalue weighted by molar-refractivity contribution is -0.140. The fraction of sp³-hybridized carbons (Fsp3) is 0.455. The number of nitrogens with one attached hydrogen (secondary N) is 1. The monoisotopic (exact) mass is 225 g/mol. The largest absolute Gasteiger partial charge is 0.480 e. The number of hydrogen-bond acceptors (Lipinski definition) is 4. The SMILES string of the molecule is CC(C)[C@H](NCC(=O)c1ccco1)C(=O)O. The van der Waals surface area contributed by atoms with Crippen molar-refractivity contribution < 1.29 is 19.1 Å². The Balaban J connectivity index is 2.50. The summed E-state index contributed by atoms with van der Waals surface area (Å²) in [5.41, 5.74) is 0. The standard InChI is InChI=1S/C11H15NO4/c1-7(2)10(11(14)15)12-6-8(13)9-4-3-5-16-9/h3-5,7,10,12H,6H2,1-2H3,(H,14,15)/t10-/m0/s1. The number of carboxylic acids is 1. The van der Waals surface area contributed by atoms with Crippen LogP contribution in [0.3, 0.4) is 0 Å². The van der Waals surface area contributed by atoms with Crippen LogP contribution >= 0.6 is 0 Å². The molecule has 88 valence electrons. The predicted molar refractivity (Wildman–Crippen MR) is 57.3 cm³/mol. The zero-order valence-corrected chi connectivity index (χ0v) is 9.27. The highest BCUT2D eigenvalue weighted by Crippen LogP contribution is 2.04. The molecule has 5 nitrogen and oxygen atoms in total. The van der Waals surface area contributed by atoms with Crippen LogP contribution in [0.1, 0.15) is 24.4 Å². The number of ketones is 1. The Hall–Kier alpha value is -1.62. The van der Waals surface area contributed by atoms with Crippen LogP contribution in [-0.2, 0) is 4.79 Å². The molecular weight excluding hydrogens is 210 g/mol. The van der Waals surface area contributed by atoms with Gasteiger partial charge in [0.15, 0.2) is 5.76 Å². The third-order valence-electron chi connectivity index (χ3n) is 2.21. The molecule has 5 heteroatoms. The van der Waals surface area contributed by atoms with Crippen LogP contribution in [0.25, 0.3) is 0 Å². The smallest absolute Gasteiger partial charge is 0.320 e. The average Bonchev–Trinajstić information content (AvgIpc) is 2.69. The Morgan fingerprint density at radius 3 is 2.62 bits per heavy atom. The Morgan fingerprint density at radius 2 is 2.19 bits per heavy atom. The number of hydrogen-bond donors (Lipinski definition) is 2. The van der Waals surface area contributed by atoms with E-state index in [0.717, 1.165) is 0 Å². The van der Waals surface area contributed by atoms with E-state index in [2.05, 4.69) is 5.32 Å². The molecular formula is C11H15NO4. The molecule has 16 heavy (non-hydrogen) atoms. The average molecular weight is 225 g/mol. The van der Waals surface area contributed by atoms with Gasteiger partial charge < -0.3 is 9.52 Å². The van der Waals surface area contributed by atoms with Crippen molar-refractivity contribution in [3.05, 3.63) is 24.2 Å². The van der Waals surface area contributed by atoms with Crippen LogP contribution in [0.5, 0.6) is 0 Å². The summed E-state index contributed by atoms with van der Waals surface area (Å²) in [7, 11) is 0. The van der Waals surface area contributed by atoms with Gasteiger partial charge in [-0.2, -0.15) is 0 Å². The minimum absolute atomic E-state index is 0.0390. The topological polar surface area (TPSA) is 79.5 Å². The van der Waals surface area contributed by atoms with Crippen LogP contribution in [0, 0.1) is 5.92 Å². The Bertz CT molecular complexity index is 356. The fourth-order valence-electron chi connectivity index (χ4n) is 1.34. The molecule has 1 heterocycles. The van der Waals surface area contributed by atoms with Crippen molar-refractivity contribution >= 4 is 11.8 Å². The van der Waals surface area contributed by atoms with E-state index in [0.29, 0.717) is 0 Å². The molecule has 0 aromatic carbocycles. The molecule has 0 saturated heterocycles. The molecule has 1 aromatic rings. The molecule has 0 unspecified atom stereocenters. The molecule has 1 aromatic heterocycles. The van der Waals surface area contributed by atoms with Gasteiger partial charge in [-0.25, -0.2) is 0 Å². The van der Waals surface area contributed by atoms with E-state index in [-0.39, 0.29) is 24.0 Å². The summed E-state index contributed by atoms with van der Waals surface area (Å²) in [5, 5.41) is 11.6. The number of Topliss-reactive ketones (excluding diaryl/α,β-unsaturated/α-hetero) is 1. The van der Waals surface area contributed by atoms with E-state index < -0.39 is 12.0 Å². The van der Waals surface area contributed by atoms with E-state index in [1.807, 2.05) is 0 Å². The summed E-state index contributed by atoms with van der Waals surface area (Å²) in [4.78, 5) is 22.3. The van der Waals surface area contributed by atoms with E-state index in [1.165, 1.54) is 6.26 Å². The van der Waals surface area contributed by atoms with E-state index >= 15 is 0 Å². The highest BCUT2D eigenvalue weighted by atomic mass is 16.4. The number of carbonyl (C=O) groups excluding carboxylic acids is 1. The van der Waals surface area contributed by atoms with E-state index in [1.54, 1.807) is 26.0 Å². The van der Waals surface area contributed by atoms with Gasteiger partial charge in [0.05, 0.1) is 12.8 Å². The maximum Gasteiger partial charge on any atom is 0.320 e. The van der Waals surface area contributed by atoms with Crippen LogP contribution in [-0.4, -0.2) is 29.4 Å². The quantitative estimate of drug-likeness (QED) is 0.710. The van der Waals surface area contributed by atoms with Gasteiger partial charge in [0.1, 0.15) is 6.04 Å². The minimum atomic E-state index is -0.956. The highest BCUT2D eigenvalue weighted by Gasteiger charge is 2.22. The molecule has 0 amide bonds. The van der Waals surface area contributed by atoms with Crippen LogP contribution < -0.4 is 5.32 Å². The Labute approximate surface area is 93.4 Å². The lowest BCUT2D eigenvalue weighted by Crippen LogP contribution is -2.43. The Kier molecular flexibility index (Phi) is 4.25. The fourth-order valence-corrected chi connectivity index (χ4v) is 1.34. The summed E-state index contributed by atoms with van der Waals surface area (Å²) >= 11 is 0. The first-order valence-electron chi connectivity index (χ1n) is 5.05. The maximum atomic E-state index is 11.5. The summed E-state index contributed by atoms with van der Waals surface area (Å²) in [5.74, 6) is -1.05. The molecule has 1 atom stereocenters. The first-order valence-corrected chi connectivity index (χ1v) is 5.05. The van der Waals surface area contributed by atoms with Crippen molar-refractivity contribution in [2.75, 3.05) is 6.54 Å². The molecule has 0 saturated carbocycles. The van der Waals surface area contributed by atoms with Gasteiger partial charge in [0, 0.05) is 0 Å². The van der Waals surface area contributed by atoms with Crippen molar-refractivity contribution in [1.82, 2.24) is 5.32 Å². The second-order valence-corrected chi connectivity index (χ2v) is 3.84. The lowest BCUT2D eigenvalue weighted by atomic mass is 10.0. The summed E-state index contributed by atoms with van der Waals surface area (Å²) < 4.78 is 4.91. The minimum Gasteiger partial charge on any atom is -0.480 e. The number of rotatable bonds is 6. The highest BCUT2D eigenvalue weighted by molar-refractivity contribution is 5.95. The molecule has 2 N–H and O–H groups in total. The molecule has 0 radical (unpaired) electrons. The van der Waals surface area contributed by atoms with Crippen molar-refractivity contribution in [2.45, 2.75) is 19.9 Å². The number of carbonyl (C=O) groups is 2. The van der Waals surface area contributed by atoms with Crippen LogP contribution in [0.15, 0.2) is 22.8 Å². The zero-order valence-electron chi connectivity index (χ0n) is 9.27. The van der Waals surface area contributed by atoms with Crippen molar-refractivity contribution in [3.8, 4) is 0 Å². The predicted octanol–water partition coefficient (Wildman–Crippen LogP) is 1.16. The molecule has 0 aliphatic heterocycles. The summed E-state index contributed by atoms with van der Waals surface area (Å²) in [6.45, 7) is 3.52. The Morgan fingerprint density at radius 1 is 1.50 bits per heavy atom. The molecule has 0 aliphatic carbocycles. The van der Waals surface area contributed by atoms with Gasteiger partial charge in [-0.05, 0) is 18.1 Å². The van der Waals surface area contributed by atoms with E-state index in [9.17, 15) is 9.59 Å². The van der Waals surface area contributed by atoms with Gasteiger partial charge in [-0.1, -0.05) is 13.8 Å². The normalized spacial score (nSPS) is 12.7. The van der Waals surface area contributed by atoms with Gasteiger partial charge in [-0.15, -0.1) is 0 Å². The number of aliphatic carboxylic acids is 1. The zero-order chi connectivity index (χ0) is 12.1. The molecule has 0 aliphatic rings. The van der Waals surface area contributed by atoms with Gasteiger partial charge in [0.2, 0.25) is 5.78 Å². The maximum absolute atomic E-state index is 11.5. The number of carboxylic acid groups (broad SMARTS) is 1. The lowest BCUT2D eigenvalue weighted by Gasteiger charge is -2.16. The van der Waals surface area contributed by atoms with Crippen molar-refractivity contribution in [1.29, 1.82) is 0 Å². The van der Waals surface area contributed by atoms with Crippen molar-refractivity contribution in [3.63, 3.8) is 0 Å². The third kappa shape index (κ3) is 3.20. The summed E-state index contributed by atoms with van der Waals surface area (Å²) in [6.07, 6.45) is 1.41. The first kappa shape index (κ1) is 12.4. The molecule has 0 fully saturated rings. The van der Waals surface area contributed by atoms with Crippen LogP contribution in [0.2, 0.25) is 0 Å². The van der Waals surface area contributed by atoms with Gasteiger partial charge in [-0.3, -0.25) is 14.9 Å². The molecule has 0 spiro atoms. The first-order chi connectivity index (χ1) is 7.52. The van der Waals surface area contributed by atoms with Gasteiger partial charge >= 0.3 is 5.97 Å². The second kappa shape index (κ2) is 5.46. The second-order valence-electron chi connectivity index (χ2n) is 3.84. The van der Waals surface area contributed by atoms with Crippen molar-refractivity contribution in [2.24, 2.45) is 5.92 Å². The summed E-state index contributed by atoms with van der Waals surface area (Å²) in [6, 6.07) is 2.44.